The van der Waals surface area contributed by atoms with E-state index < -0.39 is 0 Å². The van der Waals surface area contributed by atoms with Crippen molar-refractivity contribution >= 4 is 28.4 Å². The highest BCUT2D eigenvalue weighted by Crippen LogP contribution is 2.29. The van der Waals surface area contributed by atoms with Gasteiger partial charge in [-0.1, -0.05) is 0 Å². The molecule has 0 unspecified atom stereocenters. The van der Waals surface area contributed by atoms with Gasteiger partial charge in [-0.2, -0.15) is 0 Å². The molecule has 3 nitrogen and oxygen atoms in total. The first-order valence-corrected chi connectivity index (χ1v) is 5.74. The summed E-state index contributed by atoms with van der Waals surface area (Å²) in [6, 6.07) is 2.04. The summed E-state index contributed by atoms with van der Waals surface area (Å²) >= 11 is 2.28. The standard InChI is InChI=1S/C10H13IN2O/c1-13(2)10-9(11)5-8(6-12-10)14-7-3-4-7/h5-7H,3-4H2,1-2H3. The highest BCUT2D eigenvalue weighted by molar-refractivity contribution is 14.1. The molecule has 76 valence electrons. The molecule has 1 aliphatic rings. The van der Waals surface area contributed by atoms with Gasteiger partial charge in [0.2, 0.25) is 0 Å². The summed E-state index contributed by atoms with van der Waals surface area (Å²) in [6.45, 7) is 0. The number of hydrogen-bond donors (Lipinski definition) is 0. The number of pyridine rings is 1. The van der Waals surface area contributed by atoms with Crippen LogP contribution in [-0.4, -0.2) is 25.2 Å². The molecule has 0 aliphatic heterocycles. The largest absolute Gasteiger partial charge is 0.489 e. The molecule has 1 aromatic heterocycles. The van der Waals surface area contributed by atoms with Crippen molar-refractivity contribution in [2.75, 3.05) is 19.0 Å². The molecule has 1 fully saturated rings. The molecule has 1 aromatic rings. The number of nitrogens with zero attached hydrogens (tertiary/aromatic N) is 2. The maximum atomic E-state index is 5.66. The fourth-order valence-corrected chi connectivity index (χ4v) is 2.11. The van der Waals surface area contributed by atoms with Crippen LogP contribution in [0.4, 0.5) is 5.82 Å². The molecule has 4 heteroatoms. The van der Waals surface area contributed by atoms with Crippen molar-refractivity contribution in [2.45, 2.75) is 18.9 Å². The summed E-state index contributed by atoms with van der Waals surface area (Å²) in [6.07, 6.45) is 4.62. The van der Waals surface area contributed by atoms with Crippen LogP contribution in [-0.2, 0) is 0 Å². The number of aromatic nitrogens is 1. The average molecular weight is 304 g/mol. The van der Waals surface area contributed by atoms with E-state index in [1.54, 1.807) is 6.20 Å². The van der Waals surface area contributed by atoms with E-state index in [2.05, 4.69) is 27.6 Å². The minimum absolute atomic E-state index is 0.442. The first-order chi connectivity index (χ1) is 6.66. The lowest BCUT2D eigenvalue weighted by Gasteiger charge is -2.14. The van der Waals surface area contributed by atoms with Crippen LogP contribution in [0.15, 0.2) is 12.3 Å². The third-order valence-electron chi connectivity index (χ3n) is 2.05. The Morgan fingerprint density at radius 3 is 2.71 bits per heavy atom. The van der Waals surface area contributed by atoms with Crippen LogP contribution in [0.25, 0.3) is 0 Å². The van der Waals surface area contributed by atoms with Crippen molar-refractivity contribution in [2.24, 2.45) is 0 Å². The molecule has 0 bridgehead atoms. The van der Waals surface area contributed by atoms with Gasteiger partial charge in [-0.3, -0.25) is 0 Å². The predicted octanol–water partition coefficient (Wildman–Crippen LogP) is 2.29. The van der Waals surface area contributed by atoms with Gasteiger partial charge in [0.15, 0.2) is 0 Å². The van der Waals surface area contributed by atoms with Crippen molar-refractivity contribution in [1.82, 2.24) is 4.98 Å². The molecule has 1 saturated carbocycles. The summed E-state index contributed by atoms with van der Waals surface area (Å²) in [5.41, 5.74) is 0. The van der Waals surface area contributed by atoms with E-state index >= 15 is 0 Å². The minimum atomic E-state index is 0.442. The predicted molar refractivity (Wildman–Crippen MR) is 64.9 cm³/mol. The Morgan fingerprint density at radius 2 is 2.21 bits per heavy atom. The Kier molecular flexibility index (Phi) is 2.80. The van der Waals surface area contributed by atoms with Crippen molar-refractivity contribution in [1.29, 1.82) is 0 Å². The van der Waals surface area contributed by atoms with E-state index in [0.29, 0.717) is 6.10 Å². The third-order valence-corrected chi connectivity index (χ3v) is 2.84. The van der Waals surface area contributed by atoms with E-state index in [1.165, 1.54) is 12.8 Å². The van der Waals surface area contributed by atoms with Crippen LogP contribution in [0, 0.1) is 3.57 Å². The fourth-order valence-electron chi connectivity index (χ4n) is 1.19. The highest BCUT2D eigenvalue weighted by Gasteiger charge is 2.23. The molecule has 0 saturated heterocycles. The average Bonchev–Trinajstić information content (AvgIpc) is 2.87. The van der Waals surface area contributed by atoms with Crippen LogP contribution in [0.1, 0.15) is 12.8 Å². The molecule has 0 aromatic carbocycles. The molecule has 0 radical (unpaired) electrons. The highest BCUT2D eigenvalue weighted by atomic mass is 127. The molecule has 14 heavy (non-hydrogen) atoms. The van der Waals surface area contributed by atoms with Crippen LogP contribution in [0.5, 0.6) is 5.75 Å². The Labute approximate surface area is 97.6 Å². The maximum absolute atomic E-state index is 5.66. The van der Waals surface area contributed by atoms with E-state index in [4.69, 9.17) is 4.74 Å². The van der Waals surface area contributed by atoms with Gasteiger partial charge in [0.05, 0.1) is 15.9 Å². The Hall–Kier alpha value is -0.520. The molecule has 2 rings (SSSR count). The van der Waals surface area contributed by atoms with E-state index in [1.807, 2.05) is 25.1 Å². The van der Waals surface area contributed by atoms with E-state index in [0.717, 1.165) is 15.1 Å². The zero-order chi connectivity index (χ0) is 10.1. The van der Waals surface area contributed by atoms with Gasteiger partial charge in [0.1, 0.15) is 11.6 Å². The first-order valence-electron chi connectivity index (χ1n) is 4.66. The Balaban J connectivity index is 2.16. The van der Waals surface area contributed by atoms with Gasteiger partial charge >= 0.3 is 0 Å². The molecular weight excluding hydrogens is 291 g/mol. The Morgan fingerprint density at radius 1 is 1.50 bits per heavy atom. The van der Waals surface area contributed by atoms with Gasteiger partial charge in [0, 0.05) is 14.1 Å². The normalized spacial score (nSPS) is 15.4. The van der Waals surface area contributed by atoms with Crippen LogP contribution in [0.2, 0.25) is 0 Å². The summed E-state index contributed by atoms with van der Waals surface area (Å²) < 4.78 is 6.79. The van der Waals surface area contributed by atoms with Crippen molar-refractivity contribution in [3.8, 4) is 5.75 Å². The second-order valence-corrected chi connectivity index (χ2v) is 4.85. The summed E-state index contributed by atoms with van der Waals surface area (Å²) in [5.74, 6) is 1.89. The molecule has 1 heterocycles. The van der Waals surface area contributed by atoms with E-state index in [-0.39, 0.29) is 0 Å². The SMILES string of the molecule is CN(C)c1ncc(OC2CC2)cc1I. The zero-order valence-corrected chi connectivity index (χ0v) is 10.5. The van der Waals surface area contributed by atoms with Gasteiger partial charge < -0.3 is 9.64 Å². The number of hydrogen-bond acceptors (Lipinski definition) is 3. The number of anilines is 1. The summed E-state index contributed by atoms with van der Waals surface area (Å²) in [7, 11) is 3.98. The second kappa shape index (κ2) is 3.92. The lowest BCUT2D eigenvalue weighted by Crippen LogP contribution is -2.12. The van der Waals surface area contributed by atoms with Crippen molar-refractivity contribution in [3.05, 3.63) is 15.8 Å². The number of rotatable bonds is 3. The number of ether oxygens (including phenoxy) is 1. The number of halogens is 1. The maximum Gasteiger partial charge on any atom is 0.141 e. The first kappa shape index (κ1) is 10.0. The summed E-state index contributed by atoms with van der Waals surface area (Å²) in [4.78, 5) is 6.35. The molecule has 0 N–H and O–H groups in total. The Bertz CT molecular complexity index is 337. The second-order valence-electron chi connectivity index (χ2n) is 3.69. The molecular formula is C10H13IN2O. The van der Waals surface area contributed by atoms with Gasteiger partial charge in [0.25, 0.3) is 0 Å². The van der Waals surface area contributed by atoms with Crippen LogP contribution >= 0.6 is 22.6 Å². The van der Waals surface area contributed by atoms with Crippen molar-refractivity contribution < 1.29 is 4.74 Å². The topological polar surface area (TPSA) is 25.4 Å². The smallest absolute Gasteiger partial charge is 0.141 e. The van der Waals surface area contributed by atoms with Crippen LogP contribution < -0.4 is 9.64 Å². The zero-order valence-electron chi connectivity index (χ0n) is 8.33. The third kappa shape index (κ3) is 2.29. The van der Waals surface area contributed by atoms with Crippen molar-refractivity contribution in [3.63, 3.8) is 0 Å². The lowest BCUT2D eigenvalue weighted by atomic mass is 10.4. The van der Waals surface area contributed by atoms with Gasteiger partial charge in [-0.05, 0) is 41.5 Å². The van der Waals surface area contributed by atoms with Crippen LogP contribution in [0.3, 0.4) is 0 Å². The fraction of sp³-hybridized carbons (Fsp3) is 0.500. The van der Waals surface area contributed by atoms with Gasteiger partial charge in [-0.25, -0.2) is 4.98 Å². The minimum Gasteiger partial charge on any atom is -0.489 e. The molecule has 1 aliphatic carbocycles. The van der Waals surface area contributed by atoms with Gasteiger partial charge in [-0.15, -0.1) is 0 Å². The van der Waals surface area contributed by atoms with E-state index in [9.17, 15) is 0 Å². The molecule has 0 atom stereocenters. The molecule has 0 spiro atoms. The lowest BCUT2D eigenvalue weighted by molar-refractivity contribution is 0.302. The quantitative estimate of drug-likeness (QED) is 0.801. The molecule has 0 amide bonds. The summed E-state index contributed by atoms with van der Waals surface area (Å²) in [5, 5.41) is 0. The monoisotopic (exact) mass is 304 g/mol.